The zero-order valence-electron chi connectivity index (χ0n) is 24.7. The lowest BCUT2D eigenvalue weighted by atomic mass is 9.90. The van der Waals surface area contributed by atoms with Gasteiger partial charge in [-0.15, -0.1) is 0 Å². The zero-order valence-corrected chi connectivity index (χ0v) is 24.7. The Bertz CT molecular complexity index is 1550. The van der Waals surface area contributed by atoms with E-state index in [9.17, 15) is 4.79 Å². The molecule has 0 saturated carbocycles. The fraction of sp³-hybridized carbons (Fsp3) is 0.312. The van der Waals surface area contributed by atoms with E-state index in [1.807, 2.05) is 12.1 Å². The van der Waals surface area contributed by atoms with E-state index in [4.69, 9.17) is 14.2 Å². The topological polar surface area (TPSA) is 80.5 Å². The van der Waals surface area contributed by atoms with Gasteiger partial charge in [0.2, 0.25) is 0 Å². The Hall–Kier alpha value is -4.22. The van der Waals surface area contributed by atoms with Crippen molar-refractivity contribution >= 4 is 36.8 Å². The zero-order chi connectivity index (χ0) is 30.5. The number of rotatable bonds is 13. The lowest BCUT2D eigenvalue weighted by molar-refractivity contribution is -0.360. The maximum atomic E-state index is 16.0. The maximum absolute atomic E-state index is 16.0. The molecule has 5 rings (SSSR count). The van der Waals surface area contributed by atoms with Crippen molar-refractivity contribution in [2.24, 2.45) is 5.41 Å². The first kappa shape index (κ1) is 30.2. The first-order valence-corrected chi connectivity index (χ1v) is 14.4. The number of nitrogens with zero attached hydrogens (tertiary/aromatic N) is 2. The minimum Gasteiger partial charge on any atom is -0.484 e. The van der Waals surface area contributed by atoms with Crippen LogP contribution in [0.25, 0.3) is 18.2 Å². The van der Waals surface area contributed by atoms with Gasteiger partial charge in [0.1, 0.15) is 11.4 Å². The van der Waals surface area contributed by atoms with Gasteiger partial charge in [0.15, 0.2) is 18.0 Å². The monoisotopic (exact) mass is 590 g/mol. The van der Waals surface area contributed by atoms with Crippen molar-refractivity contribution in [2.45, 2.75) is 20.8 Å². The van der Waals surface area contributed by atoms with Crippen molar-refractivity contribution in [1.82, 2.24) is 14.8 Å². The van der Waals surface area contributed by atoms with Crippen molar-refractivity contribution in [3.8, 4) is 5.75 Å². The normalized spacial score (nSPS) is 15.5. The molecule has 0 fully saturated rings. The first-order chi connectivity index (χ1) is 20.6. The summed E-state index contributed by atoms with van der Waals surface area (Å²) in [6.45, 7) is 4.51. The minimum absolute atomic E-state index is 0.121. The van der Waals surface area contributed by atoms with E-state index in [-0.39, 0.29) is 17.9 Å². The molecular weight excluding hydrogens is 553 g/mol. The minimum atomic E-state index is -4.12. The molecule has 2 N–H and O–H groups in total. The average molecular weight is 590 g/mol. The molecule has 2 aliphatic heterocycles. The van der Waals surface area contributed by atoms with Crippen LogP contribution in [0.1, 0.15) is 43.4 Å². The second kappa shape index (κ2) is 13.0. The van der Waals surface area contributed by atoms with E-state index >= 15 is 8.63 Å². The molecule has 8 nitrogen and oxygen atoms in total. The molecule has 43 heavy (non-hydrogen) atoms. The highest BCUT2D eigenvalue weighted by Crippen LogP contribution is 2.34. The summed E-state index contributed by atoms with van der Waals surface area (Å²) in [6, 6.07) is 14.1. The SMILES string of the molecule is CC(C)(C)COCCOCCNC(=O)COc1ccc(/C=C\c2ccc3n2[B-](F)(F)[N+]2=C(c4ccc[nH]4)C=CC2=C3)cc1. The molecular formula is C32H37BF2N4O4. The lowest BCUT2D eigenvalue weighted by Gasteiger charge is -2.30. The van der Waals surface area contributed by atoms with Gasteiger partial charge in [-0.05, 0) is 53.5 Å². The molecule has 11 heteroatoms. The van der Waals surface area contributed by atoms with Crippen molar-refractivity contribution in [3.63, 3.8) is 0 Å². The molecule has 1 aromatic carbocycles. The number of ether oxygens (including phenoxy) is 3. The number of hydrogen-bond acceptors (Lipinski definition) is 4. The third-order valence-corrected chi connectivity index (χ3v) is 6.89. The van der Waals surface area contributed by atoms with Crippen LogP contribution in [-0.2, 0) is 14.3 Å². The standard InChI is InChI=1S/C32H37BF2N4O4/c1-32(2,3)23-42-20-19-41-18-17-37-31(40)22-43-28-13-7-24(8-14-28)6-9-25-10-11-26-21-27-12-15-30(29-5-4-16-36-29)39(27)33(34,35)38(25)26/h4-16,21,36H,17-20,22-23H2,1-3H3,(H,37,40)/b9-6-. The van der Waals surface area contributed by atoms with E-state index < -0.39 is 6.97 Å². The molecule has 2 aromatic heterocycles. The number of nitrogens with one attached hydrogen (secondary N) is 2. The second-order valence-electron chi connectivity index (χ2n) is 11.6. The molecule has 1 amide bonds. The molecule has 0 bridgehead atoms. The lowest BCUT2D eigenvalue weighted by Crippen LogP contribution is -2.50. The molecule has 0 saturated heterocycles. The van der Waals surface area contributed by atoms with E-state index in [2.05, 4.69) is 31.1 Å². The van der Waals surface area contributed by atoms with Crippen LogP contribution in [0, 0.1) is 5.41 Å². The Labute approximate surface area is 250 Å². The Morgan fingerprint density at radius 2 is 1.81 bits per heavy atom. The van der Waals surface area contributed by atoms with Gasteiger partial charge < -0.3 is 42.1 Å². The third kappa shape index (κ3) is 7.41. The summed E-state index contributed by atoms with van der Waals surface area (Å²) in [5.74, 6) is 0.278. The van der Waals surface area contributed by atoms with Crippen molar-refractivity contribution < 1.29 is 32.1 Å². The Morgan fingerprint density at radius 1 is 1.02 bits per heavy atom. The Morgan fingerprint density at radius 3 is 2.56 bits per heavy atom. The molecule has 2 aliphatic rings. The van der Waals surface area contributed by atoms with Crippen molar-refractivity contribution in [1.29, 1.82) is 0 Å². The summed E-state index contributed by atoms with van der Waals surface area (Å²) in [6.07, 6.45) is 10.4. The largest absolute Gasteiger partial charge is 0.737 e. The molecule has 226 valence electrons. The van der Waals surface area contributed by atoms with E-state index in [1.54, 1.807) is 73.0 Å². The molecule has 3 aromatic rings. The van der Waals surface area contributed by atoms with Crippen LogP contribution < -0.4 is 10.1 Å². The number of allylic oxidation sites excluding steroid dienone is 2. The van der Waals surface area contributed by atoms with Gasteiger partial charge in [0.25, 0.3) is 5.91 Å². The van der Waals surface area contributed by atoms with Gasteiger partial charge in [0, 0.05) is 42.4 Å². The van der Waals surface area contributed by atoms with Crippen LogP contribution in [0.2, 0.25) is 0 Å². The predicted molar refractivity (Wildman–Crippen MR) is 165 cm³/mol. The van der Waals surface area contributed by atoms with E-state index in [0.29, 0.717) is 67.2 Å². The van der Waals surface area contributed by atoms with E-state index in [0.717, 1.165) is 14.5 Å². The number of halogens is 2. The van der Waals surface area contributed by atoms with Gasteiger partial charge in [-0.1, -0.05) is 39.0 Å². The highest BCUT2D eigenvalue weighted by Gasteiger charge is 2.52. The van der Waals surface area contributed by atoms with Gasteiger partial charge >= 0.3 is 6.97 Å². The van der Waals surface area contributed by atoms with Crippen molar-refractivity contribution in [3.05, 3.63) is 95.2 Å². The average Bonchev–Trinajstić information content (AvgIpc) is 3.73. The third-order valence-electron chi connectivity index (χ3n) is 6.89. The quantitative estimate of drug-likeness (QED) is 0.212. The maximum Gasteiger partial charge on any atom is 0.737 e. The number of aromatic amines is 1. The summed E-state index contributed by atoms with van der Waals surface area (Å²) in [4.78, 5) is 15.1. The summed E-state index contributed by atoms with van der Waals surface area (Å²) in [5, 5.41) is 2.75. The second-order valence-corrected chi connectivity index (χ2v) is 11.6. The highest BCUT2D eigenvalue weighted by atomic mass is 19.2. The molecule has 0 radical (unpaired) electrons. The number of carbonyl (C=O) groups excluding carboxylic acids is 1. The summed E-state index contributed by atoms with van der Waals surface area (Å²) in [5.41, 5.74) is 3.31. The number of hydrogen-bond donors (Lipinski definition) is 2. The number of H-pyrrole nitrogens is 1. The number of fused-ring (bicyclic) bond motifs is 2. The van der Waals surface area contributed by atoms with Crippen molar-refractivity contribution in [2.75, 3.05) is 39.6 Å². The van der Waals surface area contributed by atoms with Crippen LogP contribution in [-0.4, -0.2) is 72.1 Å². The predicted octanol–water partition coefficient (Wildman–Crippen LogP) is 5.21. The molecule has 0 spiro atoms. The van der Waals surface area contributed by atoms with Gasteiger partial charge in [-0.3, -0.25) is 4.79 Å². The smallest absolute Gasteiger partial charge is 0.484 e. The number of aromatic nitrogens is 2. The Balaban J connectivity index is 1.11. The number of carbonyl (C=O) groups is 1. The van der Waals surface area contributed by atoms with E-state index in [1.165, 1.54) is 0 Å². The molecule has 0 unspecified atom stereocenters. The highest BCUT2D eigenvalue weighted by molar-refractivity contribution is 6.58. The van der Waals surface area contributed by atoms with Crippen LogP contribution in [0.4, 0.5) is 8.63 Å². The molecule has 0 aliphatic carbocycles. The van der Waals surface area contributed by atoms with Gasteiger partial charge in [-0.25, -0.2) is 0 Å². The molecule has 4 heterocycles. The van der Waals surface area contributed by atoms with Gasteiger partial charge in [0.05, 0.1) is 26.4 Å². The summed E-state index contributed by atoms with van der Waals surface area (Å²) in [7, 11) is 0. The summed E-state index contributed by atoms with van der Waals surface area (Å²) < 4.78 is 50.7. The number of amides is 1. The molecule has 0 atom stereocenters. The first-order valence-electron chi connectivity index (χ1n) is 14.4. The van der Waals surface area contributed by atoms with Crippen LogP contribution >= 0.6 is 0 Å². The fourth-order valence-corrected chi connectivity index (χ4v) is 4.91. The van der Waals surface area contributed by atoms with Crippen LogP contribution in [0.5, 0.6) is 5.75 Å². The van der Waals surface area contributed by atoms with Crippen LogP contribution in [0.15, 0.2) is 72.6 Å². The Kier molecular flexibility index (Phi) is 9.12. The fourth-order valence-electron chi connectivity index (χ4n) is 4.91. The summed E-state index contributed by atoms with van der Waals surface area (Å²) >= 11 is 0. The number of benzene rings is 1. The van der Waals surface area contributed by atoms with Gasteiger partial charge in [-0.2, -0.15) is 0 Å². The van der Waals surface area contributed by atoms with Crippen LogP contribution in [0.3, 0.4) is 0 Å².